The Morgan fingerprint density at radius 3 is 1.60 bits per heavy atom. The zero-order valence-electron chi connectivity index (χ0n) is 25.2. The first-order chi connectivity index (χ1) is 22.4. The molecule has 0 spiro atoms. The molecule has 0 unspecified atom stereocenters. The largest absolute Gasteiger partial charge is 0.488 e. The van der Waals surface area contributed by atoms with Crippen molar-refractivity contribution in [3.8, 4) is 11.1 Å². The fourth-order valence-electron chi connectivity index (χ4n) is 5.79. The van der Waals surface area contributed by atoms with Crippen LogP contribution in [-0.2, 0) is 0 Å². The van der Waals surface area contributed by atoms with Crippen LogP contribution in [0.2, 0.25) is 5.02 Å². The minimum absolute atomic E-state index is 0. The summed E-state index contributed by atoms with van der Waals surface area (Å²) in [6, 6.07) is 53.6. The van der Waals surface area contributed by atoms with Gasteiger partial charge < -0.3 is 10.0 Å². The standard InChI is InChI=1S/C20H13Cl.C14H9Br.C7H9BO2.CH4/c21-16-8-5-7-14(12-16)20-13-15-6-1-2-9-17(15)18-10-3-4-11-19(18)20;15-14-9-10-5-1-2-6-11(10)12-7-3-4-8-13(12)14;1-6-3-2-4-7(5-6)8(9)10;/h1-13H;1-9H;2-5,9-10H,1H3;1H4. The van der Waals surface area contributed by atoms with Gasteiger partial charge in [0, 0.05) is 9.50 Å². The fourth-order valence-corrected chi connectivity index (χ4v) is 6.57. The predicted molar refractivity (Wildman–Crippen MR) is 209 cm³/mol. The van der Waals surface area contributed by atoms with Gasteiger partial charge in [-0.1, -0.05) is 174 Å². The average molecular weight is 698 g/mol. The van der Waals surface area contributed by atoms with Crippen molar-refractivity contribution in [2.24, 2.45) is 0 Å². The number of fused-ring (bicyclic) bond motifs is 6. The van der Waals surface area contributed by atoms with Gasteiger partial charge in [-0.05, 0) is 90.9 Å². The third-order valence-corrected chi connectivity index (χ3v) is 8.85. The average Bonchev–Trinajstić information content (AvgIpc) is 3.09. The van der Waals surface area contributed by atoms with Gasteiger partial charge in [-0.2, -0.15) is 0 Å². The maximum absolute atomic E-state index is 8.70. The lowest BCUT2D eigenvalue weighted by molar-refractivity contribution is 0.425. The molecule has 0 atom stereocenters. The summed E-state index contributed by atoms with van der Waals surface area (Å²) in [5, 5.41) is 28.4. The molecule has 0 aliphatic rings. The topological polar surface area (TPSA) is 40.5 Å². The van der Waals surface area contributed by atoms with E-state index in [1.54, 1.807) is 18.2 Å². The lowest BCUT2D eigenvalue weighted by atomic mass is 9.80. The summed E-state index contributed by atoms with van der Waals surface area (Å²) < 4.78 is 1.16. The van der Waals surface area contributed by atoms with E-state index < -0.39 is 7.12 Å². The molecule has 8 aromatic rings. The van der Waals surface area contributed by atoms with Crippen molar-refractivity contribution in [1.29, 1.82) is 0 Å². The van der Waals surface area contributed by atoms with Crippen molar-refractivity contribution < 1.29 is 10.0 Å². The fraction of sp³-hybridized carbons (Fsp3) is 0.0476. The Labute approximate surface area is 290 Å². The molecule has 8 aromatic carbocycles. The highest BCUT2D eigenvalue weighted by Crippen LogP contribution is 2.35. The molecule has 0 aliphatic carbocycles. The van der Waals surface area contributed by atoms with E-state index in [0.717, 1.165) is 20.6 Å². The van der Waals surface area contributed by atoms with Crippen molar-refractivity contribution in [3.63, 3.8) is 0 Å². The van der Waals surface area contributed by atoms with Crippen LogP contribution in [0.5, 0.6) is 0 Å². The molecule has 8 rings (SSSR count). The summed E-state index contributed by atoms with van der Waals surface area (Å²) in [6.45, 7) is 1.91. The van der Waals surface area contributed by atoms with E-state index in [4.69, 9.17) is 21.6 Å². The molecule has 47 heavy (non-hydrogen) atoms. The molecule has 0 aromatic heterocycles. The van der Waals surface area contributed by atoms with E-state index in [9.17, 15) is 0 Å². The second-order valence-electron chi connectivity index (χ2n) is 11.1. The highest BCUT2D eigenvalue weighted by molar-refractivity contribution is 9.10. The van der Waals surface area contributed by atoms with E-state index in [2.05, 4.69) is 131 Å². The van der Waals surface area contributed by atoms with Crippen molar-refractivity contribution in [2.75, 3.05) is 0 Å². The second-order valence-corrected chi connectivity index (χ2v) is 12.4. The highest BCUT2D eigenvalue weighted by atomic mass is 79.9. The van der Waals surface area contributed by atoms with E-state index >= 15 is 0 Å². The SMILES string of the molecule is Brc1cc2ccccc2c2ccccc12.C.Cc1cccc(B(O)O)c1.Clc1cccc(-c2cc3ccccc3c3ccccc23)c1. The van der Waals surface area contributed by atoms with Gasteiger partial charge in [0.15, 0.2) is 0 Å². The van der Waals surface area contributed by atoms with Gasteiger partial charge in [-0.15, -0.1) is 0 Å². The van der Waals surface area contributed by atoms with Crippen molar-refractivity contribution in [2.45, 2.75) is 14.4 Å². The van der Waals surface area contributed by atoms with Gasteiger partial charge in [-0.25, -0.2) is 0 Å². The first-order valence-corrected chi connectivity index (χ1v) is 16.2. The smallest absolute Gasteiger partial charge is 0.423 e. The van der Waals surface area contributed by atoms with Crippen LogP contribution in [-0.4, -0.2) is 17.2 Å². The van der Waals surface area contributed by atoms with Crippen LogP contribution >= 0.6 is 27.5 Å². The van der Waals surface area contributed by atoms with E-state index in [-0.39, 0.29) is 7.43 Å². The molecule has 0 radical (unpaired) electrons. The molecule has 2 N–H and O–H groups in total. The number of hydrogen-bond acceptors (Lipinski definition) is 2. The molecule has 2 nitrogen and oxygen atoms in total. The molecule has 0 amide bonds. The number of rotatable bonds is 2. The van der Waals surface area contributed by atoms with Crippen LogP contribution in [0, 0.1) is 6.92 Å². The Balaban J connectivity index is 0.000000147. The van der Waals surface area contributed by atoms with Gasteiger partial charge in [0.05, 0.1) is 0 Å². The van der Waals surface area contributed by atoms with Gasteiger partial charge in [-0.3, -0.25) is 0 Å². The first-order valence-electron chi connectivity index (χ1n) is 15.0. The molecule has 5 heteroatoms. The minimum Gasteiger partial charge on any atom is -0.423 e. The summed E-state index contributed by atoms with van der Waals surface area (Å²) in [4.78, 5) is 0. The quantitative estimate of drug-likeness (QED) is 0.139. The zero-order chi connectivity index (χ0) is 32.0. The van der Waals surface area contributed by atoms with Crippen molar-refractivity contribution in [1.82, 2.24) is 0 Å². The summed E-state index contributed by atoms with van der Waals surface area (Å²) in [7, 11) is -1.35. The molecule has 0 saturated heterocycles. The monoisotopic (exact) mass is 696 g/mol. The van der Waals surface area contributed by atoms with Gasteiger partial charge in [0.25, 0.3) is 0 Å². The van der Waals surface area contributed by atoms with Crippen LogP contribution in [0.4, 0.5) is 0 Å². The summed E-state index contributed by atoms with van der Waals surface area (Å²) in [6.07, 6.45) is 0. The normalized spacial score (nSPS) is 10.5. The predicted octanol–water partition coefficient (Wildman–Crippen LogP) is 11.4. The number of halogens is 2. The zero-order valence-corrected chi connectivity index (χ0v) is 27.6. The third kappa shape index (κ3) is 7.76. The van der Waals surface area contributed by atoms with Crippen molar-refractivity contribution >= 4 is 83.2 Å². The molecule has 0 saturated carbocycles. The number of hydrogen-bond donors (Lipinski definition) is 2. The van der Waals surface area contributed by atoms with E-state index in [1.807, 2.05) is 31.2 Å². The van der Waals surface area contributed by atoms with Gasteiger partial charge in [0.2, 0.25) is 0 Å². The van der Waals surface area contributed by atoms with Crippen molar-refractivity contribution in [3.05, 3.63) is 173 Å². The van der Waals surface area contributed by atoms with Gasteiger partial charge in [0.1, 0.15) is 0 Å². The molecular formula is C42H35BBrClO2. The highest BCUT2D eigenvalue weighted by Gasteiger charge is 2.10. The lowest BCUT2D eigenvalue weighted by Gasteiger charge is -2.11. The Hall–Kier alpha value is -4.45. The number of aryl methyl sites for hydroxylation is 1. The molecular weight excluding hydrogens is 663 g/mol. The van der Waals surface area contributed by atoms with Crippen LogP contribution in [0.15, 0.2) is 162 Å². The Morgan fingerprint density at radius 1 is 0.511 bits per heavy atom. The maximum Gasteiger partial charge on any atom is 0.488 e. The molecule has 0 fully saturated rings. The third-order valence-electron chi connectivity index (χ3n) is 7.96. The van der Waals surface area contributed by atoms with Crippen LogP contribution < -0.4 is 5.46 Å². The van der Waals surface area contributed by atoms with Crippen LogP contribution in [0.1, 0.15) is 13.0 Å². The second kappa shape index (κ2) is 15.4. The Bertz CT molecular complexity index is 2300. The summed E-state index contributed by atoms with van der Waals surface area (Å²) in [5.74, 6) is 0. The molecule has 0 heterocycles. The summed E-state index contributed by atoms with van der Waals surface area (Å²) >= 11 is 9.78. The Morgan fingerprint density at radius 2 is 1.02 bits per heavy atom. The van der Waals surface area contributed by atoms with Gasteiger partial charge >= 0.3 is 7.12 Å². The summed E-state index contributed by atoms with van der Waals surface area (Å²) in [5.41, 5.74) is 3.96. The number of benzene rings is 8. The minimum atomic E-state index is -1.35. The molecule has 0 bridgehead atoms. The van der Waals surface area contributed by atoms with E-state index in [0.29, 0.717) is 5.46 Å². The van der Waals surface area contributed by atoms with E-state index in [1.165, 1.54) is 48.7 Å². The lowest BCUT2D eigenvalue weighted by Crippen LogP contribution is -2.29. The Kier molecular flexibility index (Phi) is 11.1. The van der Waals surface area contributed by atoms with Crippen LogP contribution in [0.3, 0.4) is 0 Å². The first kappa shape index (κ1) is 33.9. The molecule has 232 valence electrons. The van der Waals surface area contributed by atoms with Crippen LogP contribution in [0.25, 0.3) is 54.2 Å². The maximum atomic E-state index is 8.70. The molecule has 0 aliphatic heterocycles.